The summed E-state index contributed by atoms with van der Waals surface area (Å²) in [5.74, 6) is 0. The lowest BCUT2D eigenvalue weighted by Crippen LogP contribution is -2.57. The van der Waals surface area contributed by atoms with Crippen LogP contribution in [-0.4, -0.2) is 36.6 Å². The quantitative estimate of drug-likeness (QED) is 0.809. The third-order valence-corrected chi connectivity index (χ3v) is 4.82. The fourth-order valence-corrected chi connectivity index (χ4v) is 3.27. The molecule has 1 atom stereocenters. The predicted octanol–water partition coefficient (Wildman–Crippen LogP) is 4.24. The van der Waals surface area contributed by atoms with Crippen LogP contribution in [0.5, 0.6) is 0 Å². The van der Waals surface area contributed by atoms with E-state index in [4.69, 9.17) is 23.2 Å². The first kappa shape index (κ1) is 17.8. The maximum atomic E-state index is 6.29. The van der Waals surface area contributed by atoms with Crippen molar-refractivity contribution in [2.45, 2.75) is 45.7 Å². The van der Waals surface area contributed by atoms with Crippen LogP contribution in [-0.2, 0) is 6.42 Å². The molecule has 1 unspecified atom stereocenters. The van der Waals surface area contributed by atoms with Crippen LogP contribution < -0.4 is 5.32 Å². The minimum Gasteiger partial charge on any atom is -0.315 e. The standard InChI is InChI=1S/C16H26Cl2N2/c1-6-20(7-2)16(3,4)15(19-5)11-12-10-13(17)8-9-14(12)18/h8-10,15,19H,6-7,11H2,1-5H3. The molecule has 0 aromatic heterocycles. The van der Waals surface area contributed by atoms with Gasteiger partial charge in [-0.1, -0.05) is 37.0 Å². The molecule has 114 valence electrons. The summed E-state index contributed by atoms with van der Waals surface area (Å²) in [5.41, 5.74) is 1.14. The highest BCUT2D eigenvalue weighted by Gasteiger charge is 2.33. The summed E-state index contributed by atoms with van der Waals surface area (Å²) in [5, 5.41) is 4.96. The van der Waals surface area contributed by atoms with Crippen molar-refractivity contribution in [3.8, 4) is 0 Å². The lowest BCUT2D eigenvalue weighted by atomic mass is 9.87. The van der Waals surface area contributed by atoms with Gasteiger partial charge < -0.3 is 5.32 Å². The minimum atomic E-state index is 0.0455. The molecule has 20 heavy (non-hydrogen) atoms. The molecule has 1 N–H and O–H groups in total. The summed E-state index contributed by atoms with van der Waals surface area (Å²) in [6, 6.07) is 5.97. The van der Waals surface area contributed by atoms with Crippen LogP contribution in [0.3, 0.4) is 0 Å². The van der Waals surface area contributed by atoms with Crippen molar-refractivity contribution in [3.63, 3.8) is 0 Å². The number of likely N-dealkylation sites (N-methyl/N-ethyl adjacent to an activating group) is 2. The summed E-state index contributed by atoms with van der Waals surface area (Å²) in [7, 11) is 2.01. The van der Waals surface area contributed by atoms with E-state index in [1.165, 1.54) is 0 Å². The van der Waals surface area contributed by atoms with E-state index in [-0.39, 0.29) is 5.54 Å². The van der Waals surface area contributed by atoms with Gasteiger partial charge in [-0.2, -0.15) is 0 Å². The number of hydrogen-bond donors (Lipinski definition) is 1. The van der Waals surface area contributed by atoms with Crippen molar-refractivity contribution in [2.24, 2.45) is 0 Å². The molecule has 4 heteroatoms. The highest BCUT2D eigenvalue weighted by molar-refractivity contribution is 6.33. The number of rotatable bonds is 7. The van der Waals surface area contributed by atoms with Crippen LogP contribution in [0.1, 0.15) is 33.3 Å². The normalized spacial score (nSPS) is 13.8. The number of nitrogens with zero attached hydrogens (tertiary/aromatic N) is 1. The van der Waals surface area contributed by atoms with E-state index in [0.717, 1.165) is 35.1 Å². The van der Waals surface area contributed by atoms with E-state index in [1.54, 1.807) is 0 Å². The zero-order chi connectivity index (χ0) is 15.3. The molecule has 0 heterocycles. The average molecular weight is 317 g/mol. The van der Waals surface area contributed by atoms with Crippen LogP contribution in [0.2, 0.25) is 10.0 Å². The van der Waals surface area contributed by atoms with Gasteiger partial charge >= 0.3 is 0 Å². The molecule has 0 aliphatic carbocycles. The minimum absolute atomic E-state index is 0.0455. The summed E-state index contributed by atoms with van der Waals surface area (Å²) < 4.78 is 0. The molecular weight excluding hydrogens is 291 g/mol. The Morgan fingerprint density at radius 1 is 1.20 bits per heavy atom. The Hall–Kier alpha value is -0.280. The van der Waals surface area contributed by atoms with Crippen molar-refractivity contribution in [2.75, 3.05) is 20.1 Å². The SMILES string of the molecule is CCN(CC)C(C)(C)C(Cc1cc(Cl)ccc1Cl)NC. The molecule has 0 amide bonds. The lowest BCUT2D eigenvalue weighted by molar-refractivity contribution is 0.0944. The monoisotopic (exact) mass is 316 g/mol. The first-order valence-corrected chi connectivity index (χ1v) is 7.98. The zero-order valence-corrected chi connectivity index (χ0v) is 14.6. The molecule has 0 bridgehead atoms. The van der Waals surface area contributed by atoms with Gasteiger partial charge in [0.05, 0.1) is 0 Å². The van der Waals surface area contributed by atoms with Gasteiger partial charge in [0.25, 0.3) is 0 Å². The first-order chi connectivity index (χ1) is 9.36. The van der Waals surface area contributed by atoms with Gasteiger partial charge in [-0.25, -0.2) is 0 Å². The third-order valence-electron chi connectivity index (χ3n) is 4.21. The van der Waals surface area contributed by atoms with Gasteiger partial charge in [0.15, 0.2) is 0 Å². The van der Waals surface area contributed by atoms with E-state index >= 15 is 0 Å². The molecule has 1 rings (SSSR count). The second-order valence-corrected chi connectivity index (χ2v) is 6.45. The summed E-state index contributed by atoms with van der Waals surface area (Å²) in [6.07, 6.45) is 0.861. The van der Waals surface area contributed by atoms with Crippen molar-refractivity contribution in [3.05, 3.63) is 33.8 Å². The Morgan fingerprint density at radius 3 is 2.30 bits per heavy atom. The van der Waals surface area contributed by atoms with E-state index in [9.17, 15) is 0 Å². The largest absolute Gasteiger partial charge is 0.315 e. The van der Waals surface area contributed by atoms with E-state index < -0.39 is 0 Å². The molecule has 0 saturated carbocycles. The van der Waals surface area contributed by atoms with Crippen molar-refractivity contribution < 1.29 is 0 Å². The van der Waals surface area contributed by atoms with Crippen molar-refractivity contribution in [1.82, 2.24) is 10.2 Å². The van der Waals surface area contributed by atoms with E-state index in [1.807, 2.05) is 25.2 Å². The highest BCUT2D eigenvalue weighted by Crippen LogP contribution is 2.26. The fourth-order valence-electron chi connectivity index (χ4n) is 2.88. The number of hydrogen-bond acceptors (Lipinski definition) is 2. The number of halogens is 2. The molecule has 0 aliphatic rings. The predicted molar refractivity (Wildman–Crippen MR) is 90.0 cm³/mol. The van der Waals surface area contributed by atoms with E-state index in [2.05, 4.69) is 37.9 Å². The van der Waals surface area contributed by atoms with Crippen molar-refractivity contribution in [1.29, 1.82) is 0 Å². The Labute approximate surface area is 133 Å². The Balaban J connectivity index is 2.99. The van der Waals surface area contributed by atoms with Crippen LogP contribution in [0, 0.1) is 0 Å². The van der Waals surface area contributed by atoms with Crippen molar-refractivity contribution >= 4 is 23.2 Å². The van der Waals surface area contributed by atoms with Crippen LogP contribution in [0.4, 0.5) is 0 Å². The van der Waals surface area contributed by atoms with Gasteiger partial charge in [-0.05, 0) is 64.2 Å². The topological polar surface area (TPSA) is 15.3 Å². The smallest absolute Gasteiger partial charge is 0.0439 e. The maximum Gasteiger partial charge on any atom is 0.0439 e. The average Bonchev–Trinajstić information content (AvgIpc) is 2.40. The second kappa shape index (κ2) is 7.65. The number of benzene rings is 1. The Morgan fingerprint density at radius 2 is 1.80 bits per heavy atom. The van der Waals surface area contributed by atoms with Gasteiger partial charge in [0, 0.05) is 21.6 Å². The maximum absolute atomic E-state index is 6.29. The van der Waals surface area contributed by atoms with E-state index in [0.29, 0.717) is 6.04 Å². The zero-order valence-electron chi connectivity index (χ0n) is 13.1. The molecule has 0 aliphatic heterocycles. The van der Waals surface area contributed by atoms with Gasteiger partial charge in [0.1, 0.15) is 0 Å². The van der Waals surface area contributed by atoms with Gasteiger partial charge in [-0.15, -0.1) is 0 Å². The molecule has 0 spiro atoms. The Bertz CT molecular complexity index is 428. The first-order valence-electron chi connectivity index (χ1n) is 7.23. The molecule has 0 saturated heterocycles. The number of nitrogens with one attached hydrogen (secondary N) is 1. The lowest BCUT2D eigenvalue weighted by Gasteiger charge is -2.43. The molecule has 0 fully saturated rings. The third kappa shape index (κ3) is 4.11. The van der Waals surface area contributed by atoms with Gasteiger partial charge in [-0.3, -0.25) is 4.90 Å². The Kier molecular flexibility index (Phi) is 6.80. The molecule has 1 aromatic rings. The molecular formula is C16H26Cl2N2. The summed E-state index contributed by atoms with van der Waals surface area (Å²) >= 11 is 12.4. The summed E-state index contributed by atoms with van der Waals surface area (Å²) in [6.45, 7) is 11.0. The second-order valence-electron chi connectivity index (χ2n) is 5.61. The molecule has 0 radical (unpaired) electrons. The van der Waals surface area contributed by atoms with Gasteiger partial charge in [0.2, 0.25) is 0 Å². The fraction of sp³-hybridized carbons (Fsp3) is 0.625. The molecule has 1 aromatic carbocycles. The van der Waals surface area contributed by atoms with Crippen LogP contribution >= 0.6 is 23.2 Å². The highest BCUT2D eigenvalue weighted by atomic mass is 35.5. The molecule has 2 nitrogen and oxygen atoms in total. The van der Waals surface area contributed by atoms with Crippen LogP contribution in [0.25, 0.3) is 0 Å². The summed E-state index contributed by atoms with van der Waals surface area (Å²) in [4.78, 5) is 2.46. The van der Waals surface area contributed by atoms with Crippen LogP contribution in [0.15, 0.2) is 18.2 Å².